The summed E-state index contributed by atoms with van der Waals surface area (Å²) < 4.78 is 4.91. The first-order chi connectivity index (χ1) is 11.3. The van der Waals surface area contributed by atoms with Crippen LogP contribution in [0, 0.1) is 5.21 Å². The van der Waals surface area contributed by atoms with Crippen LogP contribution in [0.25, 0.3) is 0 Å². The fraction of sp³-hybridized carbons (Fsp3) is 0.357. The van der Waals surface area contributed by atoms with Gasteiger partial charge in [0.15, 0.2) is 5.69 Å². The van der Waals surface area contributed by atoms with Gasteiger partial charge in [-0.2, -0.15) is 5.23 Å². The smallest absolute Gasteiger partial charge is 0.411 e. The predicted octanol–water partition coefficient (Wildman–Crippen LogP) is -0.0987. The Morgan fingerprint density at radius 3 is 2.54 bits per heavy atom. The maximum atomic E-state index is 12.2. The average molecular weight is 340 g/mol. The SMILES string of the molecule is O=C(O)C(OC(=O)N1CCC[C@@H]1C(=O)O)c1ccccc1[NH+]([O-])O. The summed E-state index contributed by atoms with van der Waals surface area (Å²) in [5, 5.41) is 37.3. The molecule has 0 aromatic heterocycles. The molecule has 0 spiro atoms. The Hall–Kier alpha value is -2.69. The highest BCUT2D eigenvalue weighted by molar-refractivity contribution is 5.83. The molecule has 4 N–H and O–H groups in total. The number of carbonyl (C=O) groups is 3. The van der Waals surface area contributed by atoms with Crippen LogP contribution in [0.2, 0.25) is 0 Å². The van der Waals surface area contributed by atoms with Crippen LogP contribution in [-0.2, 0) is 14.3 Å². The molecule has 2 unspecified atom stereocenters. The molecule has 0 bridgehead atoms. The number of amides is 1. The number of likely N-dealkylation sites (tertiary alicyclic amines) is 1. The largest absolute Gasteiger partial charge is 0.595 e. The lowest BCUT2D eigenvalue weighted by molar-refractivity contribution is -0.991. The number of aliphatic carboxylic acids is 2. The third kappa shape index (κ3) is 3.62. The van der Waals surface area contributed by atoms with E-state index in [0.29, 0.717) is 6.42 Å². The maximum Gasteiger partial charge on any atom is 0.411 e. The number of hydrogen-bond acceptors (Lipinski definition) is 6. The zero-order valence-electron chi connectivity index (χ0n) is 12.4. The Kier molecular flexibility index (Phi) is 5.34. The van der Waals surface area contributed by atoms with E-state index in [2.05, 4.69) is 0 Å². The number of hydrogen-bond donors (Lipinski definition) is 4. The van der Waals surface area contributed by atoms with E-state index in [1.54, 1.807) is 0 Å². The van der Waals surface area contributed by atoms with Crippen LogP contribution in [0.4, 0.5) is 10.5 Å². The third-order valence-electron chi connectivity index (χ3n) is 3.69. The van der Waals surface area contributed by atoms with Crippen molar-refractivity contribution in [2.75, 3.05) is 6.54 Å². The van der Waals surface area contributed by atoms with Gasteiger partial charge in [-0.1, -0.05) is 12.1 Å². The van der Waals surface area contributed by atoms with E-state index in [-0.39, 0.29) is 24.2 Å². The second kappa shape index (κ2) is 7.25. The van der Waals surface area contributed by atoms with E-state index in [1.807, 2.05) is 0 Å². The minimum absolute atomic E-state index is 0.128. The summed E-state index contributed by atoms with van der Waals surface area (Å²) in [5.74, 6) is -2.76. The van der Waals surface area contributed by atoms with Crippen LogP contribution in [-0.4, -0.2) is 50.9 Å². The quantitative estimate of drug-likeness (QED) is 0.542. The van der Waals surface area contributed by atoms with Gasteiger partial charge in [-0.3, -0.25) is 4.90 Å². The Bertz CT molecular complexity index is 647. The zero-order chi connectivity index (χ0) is 17.9. The van der Waals surface area contributed by atoms with Crippen molar-refractivity contribution >= 4 is 23.7 Å². The lowest BCUT2D eigenvalue weighted by atomic mass is 10.1. The first kappa shape index (κ1) is 17.7. The first-order valence-electron chi connectivity index (χ1n) is 7.08. The van der Waals surface area contributed by atoms with Crippen LogP contribution in [0.5, 0.6) is 0 Å². The van der Waals surface area contributed by atoms with Gasteiger partial charge < -0.3 is 20.2 Å². The normalized spacial score (nSPS) is 19.6. The van der Waals surface area contributed by atoms with Crippen LogP contribution in [0.15, 0.2) is 24.3 Å². The highest BCUT2D eigenvalue weighted by Crippen LogP contribution is 2.26. The van der Waals surface area contributed by atoms with Gasteiger partial charge in [0.1, 0.15) is 6.04 Å². The Morgan fingerprint density at radius 2 is 1.96 bits per heavy atom. The van der Waals surface area contributed by atoms with Crippen LogP contribution in [0.3, 0.4) is 0 Å². The molecule has 1 heterocycles. The molecule has 130 valence electrons. The van der Waals surface area contributed by atoms with E-state index in [9.17, 15) is 24.7 Å². The molecule has 0 saturated carbocycles. The lowest BCUT2D eigenvalue weighted by Gasteiger charge is -2.24. The molecule has 1 aliphatic heterocycles. The summed E-state index contributed by atoms with van der Waals surface area (Å²) in [6, 6.07) is 4.17. The molecule has 0 aliphatic carbocycles. The van der Waals surface area contributed by atoms with Gasteiger partial charge in [0.25, 0.3) is 0 Å². The molecule has 10 nitrogen and oxygen atoms in total. The summed E-state index contributed by atoms with van der Waals surface area (Å²) in [7, 11) is 0. The van der Waals surface area contributed by atoms with Crippen molar-refractivity contribution in [1.29, 1.82) is 0 Å². The molecule has 1 amide bonds. The van der Waals surface area contributed by atoms with E-state index in [1.165, 1.54) is 24.3 Å². The van der Waals surface area contributed by atoms with Crippen LogP contribution >= 0.6 is 0 Å². The molecular formula is C14H16N2O8. The summed E-state index contributed by atoms with van der Waals surface area (Å²) >= 11 is 0. The van der Waals surface area contributed by atoms with Crippen LogP contribution in [0.1, 0.15) is 24.5 Å². The fourth-order valence-electron chi connectivity index (χ4n) is 2.58. The van der Waals surface area contributed by atoms with Crippen molar-refractivity contribution in [3.05, 3.63) is 35.0 Å². The Labute approximate surface area is 136 Å². The fourth-order valence-corrected chi connectivity index (χ4v) is 2.58. The molecule has 1 aliphatic rings. The minimum Gasteiger partial charge on any atom is -0.595 e. The van der Waals surface area contributed by atoms with E-state index >= 15 is 0 Å². The highest BCUT2D eigenvalue weighted by atomic mass is 16.8. The maximum absolute atomic E-state index is 12.2. The number of carboxylic acids is 2. The molecular weight excluding hydrogens is 324 g/mol. The standard InChI is InChI=1S/C14H16N2O8/c17-12(18)10-6-3-7-15(10)14(21)24-11(13(19)20)8-4-1-2-5-9(8)16(22)23/h1-2,4-5,10-11,16,22H,3,6-7H2,(H,17,18)(H,19,20)/t10-,11?/m1/s1. The van der Waals surface area contributed by atoms with Crippen molar-refractivity contribution in [3.8, 4) is 0 Å². The lowest BCUT2D eigenvalue weighted by Crippen LogP contribution is -2.99. The molecule has 2 rings (SSSR count). The number of benzene rings is 1. The number of nitrogens with zero attached hydrogens (tertiary/aromatic N) is 1. The predicted molar refractivity (Wildman–Crippen MR) is 76.4 cm³/mol. The van der Waals surface area contributed by atoms with Crippen molar-refractivity contribution in [3.63, 3.8) is 0 Å². The summed E-state index contributed by atoms with van der Waals surface area (Å²) in [4.78, 5) is 35.6. The second-order valence-electron chi connectivity index (χ2n) is 5.18. The molecule has 1 fully saturated rings. The van der Waals surface area contributed by atoms with Crippen molar-refractivity contribution in [1.82, 2.24) is 4.90 Å². The number of nitrogens with one attached hydrogen (secondary N) is 1. The van der Waals surface area contributed by atoms with Crippen molar-refractivity contribution in [2.24, 2.45) is 0 Å². The molecule has 24 heavy (non-hydrogen) atoms. The van der Waals surface area contributed by atoms with Gasteiger partial charge >= 0.3 is 18.0 Å². The average Bonchev–Trinajstić information content (AvgIpc) is 3.02. The second-order valence-corrected chi connectivity index (χ2v) is 5.18. The number of carboxylic acid groups (broad SMARTS) is 2. The first-order valence-corrected chi connectivity index (χ1v) is 7.08. The van der Waals surface area contributed by atoms with Gasteiger partial charge in [-0.05, 0) is 18.9 Å². The molecule has 10 heteroatoms. The molecule has 3 atom stereocenters. The third-order valence-corrected chi connectivity index (χ3v) is 3.69. The number of ether oxygens (including phenoxy) is 1. The van der Waals surface area contributed by atoms with Gasteiger partial charge in [0, 0.05) is 12.6 Å². The van der Waals surface area contributed by atoms with Crippen molar-refractivity contribution in [2.45, 2.75) is 25.0 Å². The van der Waals surface area contributed by atoms with E-state index in [4.69, 9.17) is 15.1 Å². The molecule has 1 aromatic rings. The minimum atomic E-state index is -1.85. The Balaban J connectivity index is 2.25. The van der Waals surface area contributed by atoms with Gasteiger partial charge in [-0.25, -0.2) is 19.6 Å². The Morgan fingerprint density at radius 1 is 1.29 bits per heavy atom. The summed E-state index contributed by atoms with van der Waals surface area (Å²) in [5.41, 5.74) is -0.508. The molecule has 0 radical (unpaired) electrons. The summed E-state index contributed by atoms with van der Waals surface area (Å²) in [6.07, 6.45) is -2.25. The van der Waals surface area contributed by atoms with Gasteiger partial charge in [-0.15, -0.1) is 0 Å². The number of carbonyl (C=O) groups excluding carboxylic acids is 1. The number of rotatable bonds is 5. The number of para-hydroxylation sites is 1. The van der Waals surface area contributed by atoms with E-state index in [0.717, 1.165) is 4.90 Å². The topological polar surface area (TPSA) is 152 Å². The molecule has 1 aromatic carbocycles. The van der Waals surface area contributed by atoms with Gasteiger partial charge in [0.2, 0.25) is 6.10 Å². The van der Waals surface area contributed by atoms with Crippen molar-refractivity contribution < 1.29 is 39.8 Å². The van der Waals surface area contributed by atoms with E-state index < -0.39 is 35.4 Å². The number of quaternary nitrogens is 1. The highest BCUT2D eigenvalue weighted by Gasteiger charge is 2.38. The zero-order valence-corrected chi connectivity index (χ0v) is 12.4. The summed E-state index contributed by atoms with van der Waals surface area (Å²) in [6.45, 7) is 0.128. The molecule has 1 saturated heterocycles. The monoisotopic (exact) mass is 340 g/mol. The van der Waals surface area contributed by atoms with Crippen LogP contribution < -0.4 is 5.23 Å². The van der Waals surface area contributed by atoms with Gasteiger partial charge in [0.05, 0.1) is 5.56 Å².